The smallest absolute Gasteiger partial charge is 0.0748 e. The van der Waals surface area contributed by atoms with Crippen molar-refractivity contribution in [2.45, 2.75) is 17.2 Å². The van der Waals surface area contributed by atoms with Crippen molar-refractivity contribution >= 4 is 26.8 Å². The van der Waals surface area contributed by atoms with E-state index in [4.69, 9.17) is 0 Å². The minimum absolute atomic E-state index is 0.223. The summed E-state index contributed by atoms with van der Waals surface area (Å²) in [5, 5.41) is 1.23. The van der Waals surface area contributed by atoms with Gasteiger partial charge in [0.25, 0.3) is 0 Å². The molecular weight excluding hydrogens is 238 g/mol. The molecule has 1 aliphatic carbocycles. The van der Waals surface area contributed by atoms with Crippen molar-refractivity contribution in [2.24, 2.45) is 0 Å². The third kappa shape index (κ3) is 1.17. The maximum atomic E-state index is 4.46. The summed E-state index contributed by atoms with van der Waals surface area (Å²) in [6, 6.07) is 10.5. The van der Waals surface area contributed by atoms with E-state index in [0.717, 1.165) is 5.52 Å². The van der Waals surface area contributed by atoms with Gasteiger partial charge in [0, 0.05) is 11.6 Å². The molecule has 0 N–H and O–H groups in total. The first kappa shape index (κ1) is 8.42. The van der Waals surface area contributed by atoms with Crippen LogP contribution in [-0.2, 0) is 4.32 Å². The molecule has 1 aromatic carbocycles. The molecule has 1 aliphatic rings. The Labute approximate surface area is 91.3 Å². The van der Waals surface area contributed by atoms with E-state index in [1.807, 2.05) is 12.3 Å². The number of fused-ring (bicyclic) bond motifs is 1. The molecule has 2 aromatic rings. The second-order valence-corrected chi connectivity index (χ2v) is 5.36. The van der Waals surface area contributed by atoms with Crippen molar-refractivity contribution in [3.8, 4) is 0 Å². The Balaban J connectivity index is 2.33. The average Bonchev–Trinajstić information content (AvgIpc) is 2.97. The molecule has 0 radical (unpaired) electrons. The van der Waals surface area contributed by atoms with Crippen molar-refractivity contribution in [2.75, 3.05) is 0 Å². The standard InChI is InChI=1S/C12H10BrN/c13-12(6-7-12)10-5-1-3-9-4-2-8-14-11(9)10/h1-5,8H,6-7H2. The minimum atomic E-state index is 0.223. The van der Waals surface area contributed by atoms with Gasteiger partial charge in [-0.3, -0.25) is 4.98 Å². The number of hydrogen-bond acceptors (Lipinski definition) is 1. The monoisotopic (exact) mass is 247 g/mol. The van der Waals surface area contributed by atoms with Crippen LogP contribution in [0.2, 0.25) is 0 Å². The molecule has 1 aromatic heterocycles. The highest BCUT2D eigenvalue weighted by Gasteiger charge is 2.42. The zero-order chi connectivity index (χ0) is 9.60. The molecule has 1 heterocycles. The number of alkyl halides is 1. The molecule has 0 unspecified atom stereocenters. The number of halogens is 1. The summed E-state index contributed by atoms with van der Waals surface area (Å²) < 4.78 is 0.223. The van der Waals surface area contributed by atoms with Crippen LogP contribution in [0.3, 0.4) is 0 Å². The lowest BCUT2D eigenvalue weighted by atomic mass is 10.1. The Morgan fingerprint density at radius 1 is 1.14 bits per heavy atom. The Kier molecular flexibility index (Phi) is 1.68. The third-order valence-electron chi connectivity index (χ3n) is 2.80. The molecule has 1 fully saturated rings. The molecule has 1 nitrogen and oxygen atoms in total. The van der Waals surface area contributed by atoms with Crippen molar-refractivity contribution < 1.29 is 0 Å². The topological polar surface area (TPSA) is 12.9 Å². The molecule has 2 heteroatoms. The second-order valence-electron chi connectivity index (χ2n) is 3.85. The van der Waals surface area contributed by atoms with Gasteiger partial charge in [-0.15, -0.1) is 0 Å². The van der Waals surface area contributed by atoms with Gasteiger partial charge in [-0.2, -0.15) is 0 Å². The van der Waals surface area contributed by atoms with Gasteiger partial charge in [0.1, 0.15) is 0 Å². The van der Waals surface area contributed by atoms with Gasteiger partial charge in [0.05, 0.1) is 9.84 Å². The number of hydrogen-bond donors (Lipinski definition) is 0. The van der Waals surface area contributed by atoms with E-state index in [-0.39, 0.29) is 4.32 Å². The molecular formula is C12H10BrN. The highest BCUT2D eigenvalue weighted by Crippen LogP contribution is 2.55. The zero-order valence-electron chi connectivity index (χ0n) is 7.70. The largest absolute Gasteiger partial charge is 0.256 e. The lowest BCUT2D eigenvalue weighted by molar-refractivity contribution is 1.07. The Bertz CT molecular complexity index is 483. The fourth-order valence-electron chi connectivity index (χ4n) is 1.84. The van der Waals surface area contributed by atoms with Gasteiger partial charge >= 0.3 is 0 Å². The molecule has 0 amide bonds. The number of aromatic nitrogens is 1. The maximum absolute atomic E-state index is 4.46. The van der Waals surface area contributed by atoms with Gasteiger partial charge in [-0.1, -0.05) is 40.2 Å². The van der Waals surface area contributed by atoms with Crippen LogP contribution in [0.25, 0.3) is 10.9 Å². The molecule has 1 saturated carbocycles. The number of para-hydroxylation sites is 1. The van der Waals surface area contributed by atoms with Crippen LogP contribution in [0.5, 0.6) is 0 Å². The normalized spacial score (nSPS) is 18.4. The number of rotatable bonds is 1. The van der Waals surface area contributed by atoms with E-state index in [1.165, 1.54) is 23.8 Å². The van der Waals surface area contributed by atoms with Crippen LogP contribution in [0.1, 0.15) is 18.4 Å². The summed E-state index contributed by atoms with van der Waals surface area (Å²) in [5.74, 6) is 0. The Morgan fingerprint density at radius 3 is 2.71 bits per heavy atom. The molecule has 0 aliphatic heterocycles. The SMILES string of the molecule is BrC1(c2cccc3cccnc23)CC1. The van der Waals surface area contributed by atoms with Gasteiger partial charge < -0.3 is 0 Å². The summed E-state index contributed by atoms with van der Waals surface area (Å²) in [7, 11) is 0. The molecule has 3 rings (SSSR count). The number of nitrogens with zero attached hydrogens (tertiary/aromatic N) is 1. The van der Waals surface area contributed by atoms with Gasteiger partial charge in [0.2, 0.25) is 0 Å². The van der Waals surface area contributed by atoms with E-state index < -0.39 is 0 Å². The van der Waals surface area contributed by atoms with Crippen LogP contribution in [-0.4, -0.2) is 4.98 Å². The first-order valence-electron chi connectivity index (χ1n) is 4.83. The van der Waals surface area contributed by atoms with E-state index in [2.05, 4.69) is 45.2 Å². The van der Waals surface area contributed by atoms with Crippen LogP contribution in [0.4, 0.5) is 0 Å². The van der Waals surface area contributed by atoms with Crippen molar-refractivity contribution in [1.29, 1.82) is 0 Å². The Morgan fingerprint density at radius 2 is 1.93 bits per heavy atom. The summed E-state index contributed by atoms with van der Waals surface area (Å²) >= 11 is 3.78. The predicted molar refractivity (Wildman–Crippen MR) is 61.6 cm³/mol. The summed E-state index contributed by atoms with van der Waals surface area (Å²) in [4.78, 5) is 4.46. The van der Waals surface area contributed by atoms with Gasteiger partial charge in [-0.25, -0.2) is 0 Å². The first-order valence-corrected chi connectivity index (χ1v) is 5.62. The van der Waals surface area contributed by atoms with Crippen LogP contribution in [0, 0.1) is 0 Å². The fraction of sp³-hybridized carbons (Fsp3) is 0.250. The lowest BCUT2D eigenvalue weighted by Gasteiger charge is -2.09. The quantitative estimate of drug-likeness (QED) is 0.702. The lowest BCUT2D eigenvalue weighted by Crippen LogP contribution is -1.97. The molecule has 0 spiro atoms. The van der Waals surface area contributed by atoms with E-state index in [1.54, 1.807) is 0 Å². The summed E-state index contributed by atoms with van der Waals surface area (Å²) in [6.45, 7) is 0. The minimum Gasteiger partial charge on any atom is -0.256 e. The molecule has 14 heavy (non-hydrogen) atoms. The number of pyridine rings is 1. The van der Waals surface area contributed by atoms with E-state index in [9.17, 15) is 0 Å². The van der Waals surface area contributed by atoms with Crippen molar-refractivity contribution in [3.05, 3.63) is 42.1 Å². The van der Waals surface area contributed by atoms with Crippen molar-refractivity contribution in [1.82, 2.24) is 4.98 Å². The second kappa shape index (κ2) is 2.80. The molecule has 70 valence electrons. The average molecular weight is 248 g/mol. The Hall–Kier alpha value is -0.890. The third-order valence-corrected chi connectivity index (χ3v) is 4.02. The molecule has 0 saturated heterocycles. The highest BCUT2D eigenvalue weighted by atomic mass is 79.9. The van der Waals surface area contributed by atoms with Crippen molar-refractivity contribution in [3.63, 3.8) is 0 Å². The predicted octanol–water partition coefficient (Wildman–Crippen LogP) is 3.62. The molecule has 0 bridgehead atoms. The highest BCUT2D eigenvalue weighted by molar-refractivity contribution is 9.09. The molecule has 0 atom stereocenters. The van der Waals surface area contributed by atoms with Crippen LogP contribution >= 0.6 is 15.9 Å². The van der Waals surface area contributed by atoms with Crippen LogP contribution in [0.15, 0.2) is 36.5 Å². The maximum Gasteiger partial charge on any atom is 0.0748 e. The fourth-order valence-corrected chi connectivity index (χ4v) is 2.36. The van der Waals surface area contributed by atoms with E-state index in [0.29, 0.717) is 0 Å². The van der Waals surface area contributed by atoms with E-state index >= 15 is 0 Å². The first-order chi connectivity index (χ1) is 6.80. The number of benzene rings is 1. The summed E-state index contributed by atoms with van der Waals surface area (Å²) in [6.07, 6.45) is 4.32. The summed E-state index contributed by atoms with van der Waals surface area (Å²) in [5.41, 5.74) is 2.49. The van der Waals surface area contributed by atoms with Gasteiger partial charge in [-0.05, 0) is 24.5 Å². The van der Waals surface area contributed by atoms with Crippen LogP contribution < -0.4 is 0 Å². The van der Waals surface area contributed by atoms with Gasteiger partial charge in [0.15, 0.2) is 0 Å². The zero-order valence-corrected chi connectivity index (χ0v) is 9.29.